The van der Waals surface area contributed by atoms with Gasteiger partial charge in [-0.2, -0.15) is 5.26 Å². The number of hydrogen-bond donors (Lipinski definition) is 0. The number of likely N-dealkylation sites (tertiary alicyclic amines) is 1. The normalized spacial score (nSPS) is 17.2. The lowest BCUT2D eigenvalue weighted by atomic mass is 9.94. The summed E-state index contributed by atoms with van der Waals surface area (Å²) in [6, 6.07) is 10.9. The molecule has 1 aliphatic heterocycles. The Kier molecular flexibility index (Phi) is 6.60. The first kappa shape index (κ1) is 21.2. The van der Waals surface area contributed by atoms with Crippen molar-refractivity contribution in [1.29, 1.82) is 5.26 Å². The third-order valence-corrected chi connectivity index (χ3v) is 4.70. The molecule has 1 fully saturated rings. The zero-order chi connectivity index (χ0) is 21.7. The minimum Gasteiger partial charge on any atom is -0.494 e. The van der Waals surface area contributed by atoms with Crippen LogP contribution in [0, 0.1) is 23.0 Å². The molecule has 0 amide bonds. The predicted octanol–water partition coefficient (Wildman–Crippen LogP) is 3.86. The summed E-state index contributed by atoms with van der Waals surface area (Å²) in [4.78, 5) is 14.8. The summed E-state index contributed by atoms with van der Waals surface area (Å²) >= 11 is 0. The highest BCUT2D eigenvalue weighted by Crippen LogP contribution is 2.25. The van der Waals surface area contributed by atoms with Crippen molar-refractivity contribution < 1.29 is 23.0 Å². The van der Waals surface area contributed by atoms with Crippen LogP contribution in [0.25, 0.3) is 12.2 Å². The van der Waals surface area contributed by atoms with E-state index in [2.05, 4.69) is 6.07 Å². The van der Waals surface area contributed by atoms with Gasteiger partial charge in [-0.3, -0.25) is 9.69 Å². The van der Waals surface area contributed by atoms with E-state index in [9.17, 15) is 13.6 Å². The van der Waals surface area contributed by atoms with Crippen LogP contribution in [-0.4, -0.2) is 44.5 Å². The molecule has 0 radical (unpaired) electrons. The van der Waals surface area contributed by atoms with Crippen LogP contribution in [0.2, 0.25) is 0 Å². The highest BCUT2D eigenvalue weighted by atomic mass is 19.1. The number of ketones is 1. The van der Waals surface area contributed by atoms with E-state index in [4.69, 9.17) is 14.7 Å². The largest absolute Gasteiger partial charge is 0.494 e. The van der Waals surface area contributed by atoms with Gasteiger partial charge in [0.2, 0.25) is 0 Å². The van der Waals surface area contributed by atoms with Gasteiger partial charge in [0, 0.05) is 24.2 Å². The first-order valence-corrected chi connectivity index (χ1v) is 9.17. The molecule has 7 heteroatoms. The van der Waals surface area contributed by atoms with E-state index in [1.54, 1.807) is 29.2 Å². The summed E-state index contributed by atoms with van der Waals surface area (Å²) in [5.74, 6) is -1.07. The van der Waals surface area contributed by atoms with Crippen molar-refractivity contribution in [3.05, 3.63) is 70.3 Å². The number of Topliss-reactive ketones (excluding diaryl/α,β-unsaturated/α-hetero) is 1. The topological polar surface area (TPSA) is 62.6 Å². The van der Waals surface area contributed by atoms with E-state index in [-0.39, 0.29) is 36.9 Å². The van der Waals surface area contributed by atoms with Crippen molar-refractivity contribution in [3.8, 4) is 17.6 Å². The fraction of sp³-hybridized carbons (Fsp3) is 0.217. The lowest BCUT2D eigenvalue weighted by molar-refractivity contribution is -0.113. The standard InChI is InChI=1S/C23H20F2N2O3/c1-29-21-5-3-15(11-19(21)24)9-17-13-27(8-7-26)14-18(23(17)28)10-16-4-6-22(30-2)20(25)12-16/h3-6,9-12H,8,13-14H2,1-2H3. The molecule has 2 aromatic rings. The second kappa shape index (κ2) is 9.33. The highest BCUT2D eigenvalue weighted by Gasteiger charge is 2.26. The average Bonchev–Trinajstić information content (AvgIpc) is 2.72. The minimum absolute atomic E-state index is 0.111. The van der Waals surface area contributed by atoms with E-state index in [1.165, 1.54) is 38.5 Å². The summed E-state index contributed by atoms with van der Waals surface area (Å²) in [7, 11) is 2.75. The number of benzene rings is 2. The Labute approximate surface area is 173 Å². The van der Waals surface area contributed by atoms with Crippen LogP contribution >= 0.6 is 0 Å². The molecular weight excluding hydrogens is 390 g/mol. The Morgan fingerprint density at radius 3 is 1.80 bits per heavy atom. The van der Waals surface area contributed by atoms with Crippen molar-refractivity contribution >= 4 is 17.9 Å². The monoisotopic (exact) mass is 410 g/mol. The van der Waals surface area contributed by atoms with Crippen LogP contribution in [-0.2, 0) is 4.79 Å². The van der Waals surface area contributed by atoms with Crippen LogP contribution in [0.1, 0.15) is 11.1 Å². The van der Waals surface area contributed by atoms with Gasteiger partial charge in [-0.15, -0.1) is 0 Å². The number of carbonyl (C=O) groups excluding carboxylic acids is 1. The van der Waals surface area contributed by atoms with Crippen LogP contribution in [0.15, 0.2) is 47.5 Å². The number of nitriles is 1. The maximum atomic E-state index is 14.0. The van der Waals surface area contributed by atoms with Gasteiger partial charge >= 0.3 is 0 Å². The molecule has 5 nitrogen and oxygen atoms in total. The molecule has 1 saturated heterocycles. The molecule has 0 bridgehead atoms. The molecule has 1 aliphatic rings. The fourth-order valence-corrected chi connectivity index (χ4v) is 3.27. The Morgan fingerprint density at radius 2 is 1.43 bits per heavy atom. The summed E-state index contributed by atoms with van der Waals surface area (Å²) in [5, 5.41) is 9.08. The van der Waals surface area contributed by atoms with Crippen molar-refractivity contribution in [3.63, 3.8) is 0 Å². The van der Waals surface area contributed by atoms with Crippen LogP contribution in [0.3, 0.4) is 0 Å². The van der Waals surface area contributed by atoms with Gasteiger partial charge in [0.15, 0.2) is 28.9 Å². The zero-order valence-corrected chi connectivity index (χ0v) is 16.6. The van der Waals surface area contributed by atoms with Crippen LogP contribution in [0.4, 0.5) is 8.78 Å². The molecule has 0 spiro atoms. The molecule has 0 N–H and O–H groups in total. The number of ether oxygens (including phenoxy) is 2. The molecule has 0 atom stereocenters. The van der Waals surface area contributed by atoms with Crippen molar-refractivity contribution in [1.82, 2.24) is 4.90 Å². The minimum atomic E-state index is -0.534. The van der Waals surface area contributed by atoms with Gasteiger partial charge in [0.05, 0.1) is 26.8 Å². The Hall–Kier alpha value is -3.50. The number of carbonyl (C=O) groups is 1. The third kappa shape index (κ3) is 4.73. The van der Waals surface area contributed by atoms with E-state index >= 15 is 0 Å². The second-order valence-corrected chi connectivity index (χ2v) is 6.76. The number of halogens is 2. The Balaban J connectivity index is 1.97. The molecule has 2 aromatic carbocycles. The van der Waals surface area contributed by atoms with Crippen molar-refractivity contribution in [2.45, 2.75) is 0 Å². The SMILES string of the molecule is COc1ccc(C=C2CN(CC#N)CC(=Cc3ccc(OC)c(F)c3)C2=O)cc1F. The maximum absolute atomic E-state index is 14.0. The molecule has 0 aromatic heterocycles. The van der Waals surface area contributed by atoms with E-state index < -0.39 is 11.6 Å². The van der Waals surface area contributed by atoms with Gasteiger partial charge in [-0.25, -0.2) is 8.78 Å². The molecule has 3 rings (SSSR count). The van der Waals surface area contributed by atoms with Crippen molar-refractivity contribution in [2.24, 2.45) is 0 Å². The summed E-state index contributed by atoms with van der Waals surface area (Å²) in [6.45, 7) is 0.638. The molecule has 0 unspecified atom stereocenters. The van der Waals surface area contributed by atoms with Gasteiger partial charge < -0.3 is 9.47 Å². The van der Waals surface area contributed by atoms with E-state index in [1.807, 2.05) is 0 Å². The predicted molar refractivity (Wildman–Crippen MR) is 109 cm³/mol. The van der Waals surface area contributed by atoms with Crippen LogP contribution < -0.4 is 9.47 Å². The molecular formula is C23H20F2N2O3. The molecule has 30 heavy (non-hydrogen) atoms. The smallest absolute Gasteiger partial charge is 0.187 e. The quantitative estimate of drug-likeness (QED) is 0.553. The average molecular weight is 410 g/mol. The lowest BCUT2D eigenvalue weighted by Gasteiger charge is -2.27. The van der Waals surface area contributed by atoms with Gasteiger partial charge in [-0.1, -0.05) is 12.1 Å². The Morgan fingerprint density at radius 1 is 0.967 bits per heavy atom. The first-order chi connectivity index (χ1) is 14.4. The number of hydrogen-bond acceptors (Lipinski definition) is 5. The second-order valence-electron chi connectivity index (χ2n) is 6.76. The van der Waals surface area contributed by atoms with Crippen molar-refractivity contribution in [2.75, 3.05) is 33.9 Å². The number of nitrogens with zero attached hydrogens (tertiary/aromatic N) is 2. The number of rotatable bonds is 5. The van der Waals surface area contributed by atoms with E-state index in [0.29, 0.717) is 22.3 Å². The fourth-order valence-electron chi connectivity index (χ4n) is 3.27. The maximum Gasteiger partial charge on any atom is 0.187 e. The molecule has 0 aliphatic carbocycles. The highest BCUT2D eigenvalue weighted by molar-refractivity contribution is 6.14. The van der Waals surface area contributed by atoms with E-state index in [0.717, 1.165) is 0 Å². The third-order valence-electron chi connectivity index (χ3n) is 4.70. The molecule has 154 valence electrons. The van der Waals surface area contributed by atoms with Gasteiger partial charge in [-0.05, 0) is 47.5 Å². The van der Waals surface area contributed by atoms with Gasteiger partial charge in [0.1, 0.15) is 0 Å². The lowest BCUT2D eigenvalue weighted by Crippen LogP contribution is -2.37. The Bertz CT molecular complexity index is 995. The number of piperidine rings is 1. The molecule has 0 saturated carbocycles. The summed E-state index contributed by atoms with van der Waals surface area (Å²) < 4.78 is 37.9. The van der Waals surface area contributed by atoms with Crippen LogP contribution in [0.5, 0.6) is 11.5 Å². The van der Waals surface area contributed by atoms with Gasteiger partial charge in [0.25, 0.3) is 0 Å². The summed E-state index contributed by atoms with van der Waals surface area (Å²) in [6.07, 6.45) is 3.19. The number of methoxy groups -OCH3 is 2. The first-order valence-electron chi connectivity index (χ1n) is 9.17. The zero-order valence-electron chi connectivity index (χ0n) is 16.6. The summed E-state index contributed by atoms with van der Waals surface area (Å²) in [5.41, 5.74) is 1.85. The molecule has 1 heterocycles.